The van der Waals surface area contributed by atoms with Gasteiger partial charge in [0.2, 0.25) is 0 Å². The molecule has 35 heavy (non-hydrogen) atoms. The Balaban J connectivity index is 1.65. The lowest BCUT2D eigenvalue weighted by molar-refractivity contribution is 0.0525. The van der Waals surface area contributed by atoms with E-state index in [-0.39, 0.29) is 11.5 Å². The zero-order valence-electron chi connectivity index (χ0n) is 19.9. The van der Waals surface area contributed by atoms with E-state index in [1.165, 1.54) is 4.68 Å². The number of fused-ring (bicyclic) bond motifs is 1. The van der Waals surface area contributed by atoms with Gasteiger partial charge in [0.15, 0.2) is 0 Å². The van der Waals surface area contributed by atoms with E-state index in [2.05, 4.69) is 9.67 Å². The maximum Gasteiger partial charge on any atom is 0.339 e. The fourth-order valence-electron chi connectivity index (χ4n) is 4.46. The topological polar surface area (TPSA) is 66.1 Å². The van der Waals surface area contributed by atoms with Gasteiger partial charge in [-0.3, -0.25) is 4.79 Å². The lowest BCUT2D eigenvalue weighted by atomic mass is 10.0. The second-order valence-corrected chi connectivity index (χ2v) is 8.32. The van der Waals surface area contributed by atoms with Gasteiger partial charge < -0.3 is 9.30 Å². The fourth-order valence-corrected chi connectivity index (χ4v) is 4.46. The van der Waals surface area contributed by atoms with Crippen LogP contribution in [0.1, 0.15) is 23.0 Å². The van der Waals surface area contributed by atoms with Crippen molar-refractivity contribution in [3.8, 4) is 28.2 Å². The van der Waals surface area contributed by atoms with Crippen LogP contribution >= 0.6 is 0 Å². The molecule has 0 saturated heterocycles. The maximum atomic E-state index is 12.6. The van der Waals surface area contributed by atoms with Crippen LogP contribution < -0.4 is 5.56 Å². The Hall–Kier alpha value is -4.45. The maximum absolute atomic E-state index is 12.6. The number of carbonyl (C=O) groups is 1. The van der Waals surface area contributed by atoms with Crippen LogP contribution in [0.25, 0.3) is 39.0 Å². The molecule has 5 rings (SSSR count). The lowest BCUT2D eigenvalue weighted by Gasteiger charge is -2.14. The van der Waals surface area contributed by atoms with Gasteiger partial charge in [0.1, 0.15) is 0 Å². The van der Waals surface area contributed by atoms with E-state index >= 15 is 0 Å². The van der Waals surface area contributed by atoms with Gasteiger partial charge in [-0.15, -0.1) is 0 Å². The molecule has 0 aliphatic heterocycles. The second-order valence-electron chi connectivity index (χ2n) is 8.32. The van der Waals surface area contributed by atoms with Crippen molar-refractivity contribution in [2.24, 2.45) is 7.05 Å². The van der Waals surface area contributed by atoms with Crippen LogP contribution in [0.5, 0.6) is 0 Å². The van der Waals surface area contributed by atoms with E-state index in [4.69, 9.17) is 4.74 Å². The molecule has 6 heteroatoms. The van der Waals surface area contributed by atoms with Gasteiger partial charge in [-0.2, -0.15) is 5.10 Å². The van der Waals surface area contributed by atoms with Crippen LogP contribution in [0.2, 0.25) is 0 Å². The van der Waals surface area contributed by atoms with Gasteiger partial charge in [0, 0.05) is 29.4 Å². The van der Waals surface area contributed by atoms with Crippen molar-refractivity contribution in [3.05, 3.63) is 107 Å². The lowest BCUT2D eigenvalue weighted by Crippen LogP contribution is -2.20. The molecule has 0 aliphatic rings. The molecular weight excluding hydrogens is 438 g/mol. The summed E-state index contributed by atoms with van der Waals surface area (Å²) in [6.45, 7) is 4.05. The van der Waals surface area contributed by atoms with Gasteiger partial charge in [0.05, 0.1) is 28.9 Å². The molecule has 5 aromatic rings. The summed E-state index contributed by atoms with van der Waals surface area (Å²) in [5.74, 6) is -0.335. The minimum Gasteiger partial charge on any atom is -0.462 e. The Labute approximate surface area is 203 Å². The van der Waals surface area contributed by atoms with Gasteiger partial charge in [-0.1, -0.05) is 60.7 Å². The van der Waals surface area contributed by atoms with Crippen LogP contribution in [0.4, 0.5) is 0 Å². The number of esters is 1. The average molecular weight is 464 g/mol. The first-order valence-electron chi connectivity index (χ1n) is 11.5. The van der Waals surface area contributed by atoms with Crippen LogP contribution in [-0.2, 0) is 11.8 Å². The van der Waals surface area contributed by atoms with Gasteiger partial charge >= 0.3 is 5.97 Å². The van der Waals surface area contributed by atoms with E-state index < -0.39 is 0 Å². The molecule has 6 nitrogen and oxygen atoms in total. The molecule has 0 N–H and O–H groups in total. The number of hydrogen-bond acceptors (Lipinski definition) is 4. The Morgan fingerprint density at radius 3 is 2.23 bits per heavy atom. The molecular formula is C29H25N3O3. The van der Waals surface area contributed by atoms with E-state index in [9.17, 15) is 9.59 Å². The van der Waals surface area contributed by atoms with Crippen molar-refractivity contribution >= 4 is 16.7 Å². The SMILES string of the molecule is CCOC(=O)c1cc(-c2ccccc2)n(-c2ccc(-c3nn(C)c(=O)c4ccccc34)cc2)c1C. The van der Waals surface area contributed by atoms with E-state index in [1.807, 2.05) is 91.9 Å². The summed E-state index contributed by atoms with van der Waals surface area (Å²) < 4.78 is 8.74. The standard InChI is InChI=1S/C29H25N3O3/c1-4-35-29(34)25-18-26(20-10-6-5-7-11-20)32(19(25)2)22-16-14-21(15-17-22)27-23-12-8-9-13-24(23)28(33)31(3)30-27/h5-18H,4H2,1-3H3. The molecule has 0 saturated carbocycles. The summed E-state index contributed by atoms with van der Waals surface area (Å²) in [6.07, 6.45) is 0. The first-order chi connectivity index (χ1) is 17.0. The minimum absolute atomic E-state index is 0.122. The highest BCUT2D eigenvalue weighted by atomic mass is 16.5. The molecule has 0 aliphatic carbocycles. The van der Waals surface area contributed by atoms with Crippen LogP contribution in [0, 0.1) is 6.92 Å². The Morgan fingerprint density at radius 1 is 0.886 bits per heavy atom. The van der Waals surface area contributed by atoms with Crippen LogP contribution in [0.3, 0.4) is 0 Å². The third-order valence-electron chi connectivity index (χ3n) is 6.17. The third-order valence-corrected chi connectivity index (χ3v) is 6.17. The number of nitrogens with zero attached hydrogens (tertiary/aromatic N) is 3. The third kappa shape index (κ3) is 3.93. The van der Waals surface area contributed by atoms with Crippen molar-refractivity contribution < 1.29 is 9.53 Å². The predicted octanol–water partition coefficient (Wildman–Crippen LogP) is 5.54. The van der Waals surface area contributed by atoms with Crippen molar-refractivity contribution in [2.45, 2.75) is 13.8 Å². The molecule has 3 aromatic carbocycles. The second kappa shape index (κ2) is 9.06. The van der Waals surface area contributed by atoms with Crippen molar-refractivity contribution in [3.63, 3.8) is 0 Å². The van der Waals surface area contributed by atoms with Crippen LogP contribution in [0.15, 0.2) is 89.7 Å². The molecule has 0 unspecified atom stereocenters. The summed E-state index contributed by atoms with van der Waals surface area (Å²) in [7, 11) is 1.67. The Morgan fingerprint density at radius 2 is 1.54 bits per heavy atom. The highest BCUT2D eigenvalue weighted by molar-refractivity contribution is 5.94. The quantitative estimate of drug-likeness (QED) is 0.321. The number of ether oxygens (including phenoxy) is 1. The fraction of sp³-hybridized carbons (Fsp3) is 0.138. The van der Waals surface area contributed by atoms with Gasteiger partial charge in [0.25, 0.3) is 5.56 Å². The predicted molar refractivity (Wildman–Crippen MR) is 138 cm³/mol. The molecule has 0 amide bonds. The zero-order chi connectivity index (χ0) is 24.5. The van der Waals surface area contributed by atoms with Crippen molar-refractivity contribution in [1.29, 1.82) is 0 Å². The first-order valence-corrected chi connectivity index (χ1v) is 11.5. The number of hydrogen-bond donors (Lipinski definition) is 0. The van der Waals surface area contributed by atoms with E-state index in [1.54, 1.807) is 14.0 Å². The number of benzene rings is 3. The number of aryl methyl sites for hydroxylation is 1. The number of rotatable bonds is 5. The normalized spacial score (nSPS) is 11.1. The summed E-state index contributed by atoms with van der Waals surface area (Å²) in [4.78, 5) is 25.2. The molecule has 2 heterocycles. The highest BCUT2D eigenvalue weighted by Gasteiger charge is 2.20. The van der Waals surface area contributed by atoms with Gasteiger partial charge in [-0.25, -0.2) is 9.48 Å². The Bertz CT molecular complexity index is 1600. The first kappa shape index (κ1) is 22.3. The van der Waals surface area contributed by atoms with Crippen molar-refractivity contribution in [1.82, 2.24) is 14.3 Å². The number of aromatic nitrogens is 3. The average Bonchev–Trinajstić information content (AvgIpc) is 3.24. The summed E-state index contributed by atoms with van der Waals surface area (Å²) in [6, 6.07) is 27.4. The largest absolute Gasteiger partial charge is 0.462 e. The summed E-state index contributed by atoms with van der Waals surface area (Å²) >= 11 is 0. The zero-order valence-corrected chi connectivity index (χ0v) is 19.9. The monoisotopic (exact) mass is 463 g/mol. The molecule has 174 valence electrons. The molecule has 0 atom stereocenters. The van der Waals surface area contributed by atoms with Crippen molar-refractivity contribution in [2.75, 3.05) is 6.61 Å². The number of carbonyl (C=O) groups excluding carboxylic acids is 1. The molecule has 0 bridgehead atoms. The molecule has 0 spiro atoms. The minimum atomic E-state index is -0.335. The van der Waals surface area contributed by atoms with E-state index in [0.717, 1.165) is 39.3 Å². The van der Waals surface area contributed by atoms with E-state index in [0.29, 0.717) is 17.6 Å². The smallest absolute Gasteiger partial charge is 0.339 e. The molecule has 0 radical (unpaired) electrons. The van der Waals surface area contributed by atoms with Gasteiger partial charge in [-0.05, 0) is 43.7 Å². The Kier molecular flexibility index (Phi) is 5.79. The summed E-state index contributed by atoms with van der Waals surface area (Å²) in [5.41, 5.74) is 5.69. The highest BCUT2D eigenvalue weighted by Crippen LogP contribution is 2.32. The molecule has 2 aromatic heterocycles. The summed E-state index contributed by atoms with van der Waals surface area (Å²) in [5, 5.41) is 5.99. The molecule has 0 fully saturated rings. The van der Waals surface area contributed by atoms with Crippen LogP contribution in [-0.4, -0.2) is 26.9 Å².